The molecule has 0 unspecified atom stereocenters. The van der Waals surface area contributed by atoms with Crippen LogP contribution in [-0.2, 0) is 5.41 Å². The normalized spacial score (nSPS) is 22.9. The first-order valence-corrected chi connectivity index (χ1v) is 12.9. The zero-order chi connectivity index (χ0) is 23.5. The Morgan fingerprint density at radius 2 is 1.91 bits per heavy atom. The molecule has 2 heterocycles. The number of aryl methyl sites for hydroxylation is 1. The summed E-state index contributed by atoms with van der Waals surface area (Å²) in [6, 6.07) is 8.23. The first kappa shape index (κ1) is 22.9. The second-order valence-corrected chi connectivity index (χ2v) is 10.2. The standard InChI is InChI=1S/C27H30N2O4S/c1-18-28-26(29-33-18)19-15-23(34-17-19)11-14-27(12-9-21(30)10-13-27)20-7-8-24(31-2)25(16-20)32-22-5-3-4-6-22/h7-8,15-17,21-22,30H,3-6,9-10,12-13H2,1-2H3. The van der Waals surface area contributed by atoms with Gasteiger partial charge in [0.1, 0.15) is 0 Å². The molecule has 0 saturated heterocycles. The molecule has 3 aromatic rings. The Labute approximate surface area is 204 Å². The summed E-state index contributed by atoms with van der Waals surface area (Å²) in [7, 11) is 1.68. The molecule has 34 heavy (non-hydrogen) atoms. The van der Waals surface area contributed by atoms with E-state index in [9.17, 15) is 5.11 Å². The maximum atomic E-state index is 10.2. The SMILES string of the molecule is COc1ccc(C2(C#Cc3cc(-c4noc(C)n4)cs3)CCC(O)CC2)cc1OC1CCCC1. The molecular weight excluding hydrogens is 448 g/mol. The van der Waals surface area contributed by atoms with Gasteiger partial charge in [0.2, 0.25) is 11.7 Å². The van der Waals surface area contributed by atoms with Crippen LogP contribution in [0.4, 0.5) is 0 Å². The minimum atomic E-state index is -0.341. The lowest BCUT2D eigenvalue weighted by Crippen LogP contribution is -2.32. The fraction of sp³-hybridized carbons (Fsp3) is 0.481. The average molecular weight is 479 g/mol. The van der Waals surface area contributed by atoms with Gasteiger partial charge in [0.15, 0.2) is 11.5 Å². The molecule has 1 aromatic carbocycles. The lowest BCUT2D eigenvalue weighted by Gasteiger charge is -2.35. The summed E-state index contributed by atoms with van der Waals surface area (Å²) in [6.07, 6.45) is 7.66. The lowest BCUT2D eigenvalue weighted by atomic mass is 9.69. The van der Waals surface area contributed by atoms with Crippen LogP contribution in [-0.4, -0.2) is 34.6 Å². The van der Waals surface area contributed by atoms with Crippen LogP contribution in [0.5, 0.6) is 11.5 Å². The quantitative estimate of drug-likeness (QED) is 0.477. The van der Waals surface area contributed by atoms with Crippen molar-refractivity contribution in [3.05, 3.63) is 46.0 Å². The van der Waals surface area contributed by atoms with Gasteiger partial charge in [-0.05, 0) is 75.1 Å². The summed E-state index contributed by atoms with van der Waals surface area (Å²) < 4.78 is 17.1. The maximum Gasteiger partial charge on any atom is 0.223 e. The molecule has 0 aliphatic heterocycles. The highest BCUT2D eigenvalue weighted by atomic mass is 32.1. The summed E-state index contributed by atoms with van der Waals surface area (Å²) >= 11 is 1.58. The molecule has 2 aromatic heterocycles. The maximum absolute atomic E-state index is 10.2. The molecule has 6 nitrogen and oxygen atoms in total. The van der Waals surface area contributed by atoms with Crippen LogP contribution in [0.3, 0.4) is 0 Å². The summed E-state index contributed by atoms with van der Waals surface area (Å²) in [5, 5.41) is 16.2. The third-order valence-electron chi connectivity index (χ3n) is 6.93. The van der Waals surface area contributed by atoms with Gasteiger partial charge in [0.25, 0.3) is 0 Å². The van der Waals surface area contributed by atoms with E-state index in [0.717, 1.165) is 66.0 Å². The number of aromatic nitrogens is 2. The highest BCUT2D eigenvalue weighted by Gasteiger charge is 2.36. The first-order chi connectivity index (χ1) is 16.5. The number of hydrogen-bond acceptors (Lipinski definition) is 7. The van der Waals surface area contributed by atoms with Crippen LogP contribution >= 0.6 is 11.3 Å². The van der Waals surface area contributed by atoms with Crippen molar-refractivity contribution in [3.63, 3.8) is 0 Å². The summed E-state index contributed by atoms with van der Waals surface area (Å²) in [5.41, 5.74) is 1.70. The topological polar surface area (TPSA) is 77.6 Å². The number of methoxy groups -OCH3 is 1. The van der Waals surface area contributed by atoms with Crippen LogP contribution in [0.15, 0.2) is 34.2 Å². The van der Waals surface area contributed by atoms with Crippen LogP contribution in [0, 0.1) is 18.8 Å². The van der Waals surface area contributed by atoms with Gasteiger partial charge in [0.05, 0.1) is 29.6 Å². The van der Waals surface area contributed by atoms with Gasteiger partial charge >= 0.3 is 0 Å². The van der Waals surface area contributed by atoms with E-state index in [2.05, 4.69) is 34.1 Å². The van der Waals surface area contributed by atoms with Crippen molar-refractivity contribution in [1.82, 2.24) is 10.1 Å². The van der Waals surface area contributed by atoms with Crippen LogP contribution in [0.2, 0.25) is 0 Å². The predicted molar refractivity (Wildman–Crippen MR) is 131 cm³/mol. The molecule has 2 aliphatic rings. The fourth-order valence-electron chi connectivity index (χ4n) is 4.95. The average Bonchev–Trinajstić information content (AvgIpc) is 3.61. The van der Waals surface area contributed by atoms with Crippen molar-refractivity contribution >= 4 is 11.3 Å². The van der Waals surface area contributed by atoms with Gasteiger partial charge in [-0.15, -0.1) is 11.3 Å². The Hall–Kier alpha value is -2.82. The number of nitrogens with zero attached hydrogens (tertiary/aromatic N) is 2. The van der Waals surface area contributed by atoms with Crippen molar-refractivity contribution in [1.29, 1.82) is 0 Å². The minimum absolute atomic E-state index is 0.248. The summed E-state index contributed by atoms with van der Waals surface area (Å²) in [4.78, 5) is 5.27. The molecule has 0 radical (unpaired) electrons. The number of aliphatic hydroxyl groups excluding tert-OH is 1. The Balaban J connectivity index is 1.47. The van der Waals surface area contributed by atoms with Crippen molar-refractivity contribution in [3.8, 4) is 34.7 Å². The Bertz CT molecular complexity index is 1190. The number of benzene rings is 1. The van der Waals surface area contributed by atoms with Crippen molar-refractivity contribution in [2.75, 3.05) is 7.11 Å². The highest BCUT2D eigenvalue weighted by Crippen LogP contribution is 2.43. The van der Waals surface area contributed by atoms with Gasteiger partial charge in [-0.3, -0.25) is 0 Å². The second-order valence-electron chi connectivity index (χ2n) is 9.29. The third-order valence-corrected chi connectivity index (χ3v) is 7.78. The number of rotatable bonds is 5. The van der Waals surface area contributed by atoms with E-state index < -0.39 is 0 Å². The third kappa shape index (κ3) is 4.84. The minimum Gasteiger partial charge on any atom is -0.493 e. The first-order valence-electron chi connectivity index (χ1n) is 12.0. The number of hydrogen-bond donors (Lipinski definition) is 1. The number of aliphatic hydroxyl groups is 1. The molecule has 0 atom stereocenters. The summed E-state index contributed by atoms with van der Waals surface area (Å²) in [6.45, 7) is 1.78. The molecule has 7 heteroatoms. The number of thiophene rings is 1. The second kappa shape index (κ2) is 9.81. The Morgan fingerprint density at radius 1 is 1.12 bits per heavy atom. The number of ether oxygens (including phenoxy) is 2. The van der Waals surface area contributed by atoms with E-state index in [1.807, 2.05) is 17.5 Å². The fourth-order valence-corrected chi connectivity index (χ4v) is 5.68. The van der Waals surface area contributed by atoms with E-state index in [1.54, 1.807) is 25.4 Å². The molecule has 2 saturated carbocycles. The molecule has 1 N–H and O–H groups in total. The lowest BCUT2D eigenvalue weighted by molar-refractivity contribution is 0.110. The Morgan fingerprint density at radius 3 is 2.62 bits per heavy atom. The Kier molecular flexibility index (Phi) is 6.62. The molecule has 2 aliphatic carbocycles. The summed E-state index contributed by atoms with van der Waals surface area (Å²) in [5.74, 6) is 9.70. The molecule has 0 bridgehead atoms. The van der Waals surface area contributed by atoms with E-state index in [0.29, 0.717) is 11.7 Å². The molecule has 5 rings (SSSR count). The predicted octanol–water partition coefficient (Wildman–Crippen LogP) is 5.66. The highest BCUT2D eigenvalue weighted by molar-refractivity contribution is 7.11. The van der Waals surface area contributed by atoms with Crippen molar-refractivity contribution in [2.24, 2.45) is 0 Å². The van der Waals surface area contributed by atoms with E-state index in [4.69, 9.17) is 14.0 Å². The largest absolute Gasteiger partial charge is 0.493 e. The van der Waals surface area contributed by atoms with E-state index in [-0.39, 0.29) is 17.6 Å². The van der Waals surface area contributed by atoms with Gasteiger partial charge < -0.3 is 19.1 Å². The van der Waals surface area contributed by atoms with Gasteiger partial charge in [-0.25, -0.2) is 0 Å². The zero-order valence-corrected chi connectivity index (χ0v) is 20.5. The van der Waals surface area contributed by atoms with Crippen LogP contribution < -0.4 is 9.47 Å². The van der Waals surface area contributed by atoms with Crippen molar-refractivity contribution in [2.45, 2.75) is 75.9 Å². The molecule has 0 spiro atoms. The zero-order valence-electron chi connectivity index (χ0n) is 19.7. The van der Waals surface area contributed by atoms with Crippen molar-refractivity contribution < 1.29 is 19.1 Å². The van der Waals surface area contributed by atoms with E-state index in [1.165, 1.54) is 12.8 Å². The van der Waals surface area contributed by atoms with Crippen LogP contribution in [0.1, 0.15) is 67.7 Å². The van der Waals surface area contributed by atoms with Gasteiger partial charge in [-0.2, -0.15) is 4.98 Å². The monoisotopic (exact) mass is 478 g/mol. The molecule has 2 fully saturated rings. The molecule has 178 valence electrons. The van der Waals surface area contributed by atoms with Gasteiger partial charge in [-0.1, -0.05) is 23.1 Å². The smallest absolute Gasteiger partial charge is 0.223 e. The van der Waals surface area contributed by atoms with Gasteiger partial charge in [0, 0.05) is 17.9 Å². The van der Waals surface area contributed by atoms with Crippen LogP contribution in [0.25, 0.3) is 11.4 Å². The molecule has 0 amide bonds. The van der Waals surface area contributed by atoms with E-state index >= 15 is 0 Å². The molecular formula is C27H30N2O4S.